The Morgan fingerprint density at radius 2 is 2.00 bits per heavy atom. The van der Waals surface area contributed by atoms with Crippen molar-refractivity contribution in [1.29, 1.82) is 0 Å². The van der Waals surface area contributed by atoms with Crippen molar-refractivity contribution in [1.82, 2.24) is 0 Å². The molecule has 0 bridgehead atoms. The highest BCUT2D eigenvalue weighted by Gasteiger charge is 2.07. The molecule has 1 aromatic carbocycles. The number of unbranched alkanes of at least 4 members (excludes halogenated alkanes) is 1. The molecule has 1 aromatic rings. The van der Waals surface area contributed by atoms with E-state index < -0.39 is 0 Å². The first-order valence-corrected chi connectivity index (χ1v) is 6.71. The van der Waals surface area contributed by atoms with Gasteiger partial charge in [-0.25, -0.2) is 0 Å². The van der Waals surface area contributed by atoms with Gasteiger partial charge in [0, 0.05) is 37.6 Å². The number of rotatable bonds is 9. The summed E-state index contributed by atoms with van der Waals surface area (Å²) < 4.78 is 5.45. The second-order valence-electron chi connectivity index (χ2n) is 4.56. The predicted octanol–water partition coefficient (Wildman–Crippen LogP) is 3.52. The number of benzene rings is 1. The molecule has 0 saturated carbocycles. The quantitative estimate of drug-likeness (QED) is 0.422. The van der Waals surface area contributed by atoms with Gasteiger partial charge in [0.1, 0.15) is 0 Å². The summed E-state index contributed by atoms with van der Waals surface area (Å²) in [6.07, 6.45) is 3.13. The maximum absolute atomic E-state index is 10.7. The van der Waals surface area contributed by atoms with Crippen LogP contribution in [-0.2, 0) is 4.74 Å². The molecule has 0 aromatic heterocycles. The number of nitro groups is 1. The molecule has 1 rings (SSSR count). The van der Waals surface area contributed by atoms with Gasteiger partial charge in [0.2, 0.25) is 0 Å². The molecule has 0 saturated heterocycles. The summed E-state index contributed by atoms with van der Waals surface area (Å²) in [5, 5.41) is 13.9. The molecule has 0 spiro atoms. The van der Waals surface area contributed by atoms with Crippen molar-refractivity contribution >= 4 is 11.4 Å². The van der Waals surface area contributed by atoms with Crippen LogP contribution in [-0.4, -0.2) is 24.7 Å². The van der Waals surface area contributed by atoms with E-state index in [4.69, 9.17) is 4.74 Å². The number of anilines is 1. The molecule has 0 fully saturated rings. The van der Waals surface area contributed by atoms with E-state index in [9.17, 15) is 10.1 Å². The summed E-state index contributed by atoms with van der Waals surface area (Å²) in [6.45, 7) is 6.28. The Hall–Kier alpha value is -1.62. The average Bonchev–Trinajstić information content (AvgIpc) is 2.37. The fourth-order valence-electron chi connectivity index (χ4n) is 1.73. The Labute approximate surface area is 114 Å². The molecule has 0 atom stereocenters. The molecule has 0 amide bonds. The minimum absolute atomic E-state index is 0.127. The monoisotopic (exact) mass is 266 g/mol. The largest absolute Gasteiger partial charge is 0.385 e. The summed E-state index contributed by atoms with van der Waals surface area (Å²) in [7, 11) is 0. The summed E-state index contributed by atoms with van der Waals surface area (Å²) in [5.41, 5.74) is 1.80. The smallest absolute Gasteiger partial charge is 0.271 e. The molecular formula is C14H22N2O3. The number of hydrogen-bond acceptors (Lipinski definition) is 4. The van der Waals surface area contributed by atoms with Gasteiger partial charge in [-0.05, 0) is 31.4 Å². The minimum Gasteiger partial charge on any atom is -0.385 e. The first kappa shape index (κ1) is 15.4. The van der Waals surface area contributed by atoms with Crippen LogP contribution < -0.4 is 5.32 Å². The van der Waals surface area contributed by atoms with Gasteiger partial charge in [-0.1, -0.05) is 13.3 Å². The zero-order valence-corrected chi connectivity index (χ0v) is 11.6. The lowest BCUT2D eigenvalue weighted by Crippen LogP contribution is -2.06. The molecule has 0 aliphatic heterocycles. The number of aryl methyl sites for hydroxylation is 1. The predicted molar refractivity (Wildman–Crippen MR) is 76.7 cm³/mol. The average molecular weight is 266 g/mol. The van der Waals surface area contributed by atoms with E-state index in [1.54, 1.807) is 12.1 Å². The zero-order valence-electron chi connectivity index (χ0n) is 11.6. The van der Waals surface area contributed by atoms with Crippen molar-refractivity contribution in [3.63, 3.8) is 0 Å². The first-order chi connectivity index (χ1) is 9.13. The van der Waals surface area contributed by atoms with E-state index in [1.807, 2.05) is 13.0 Å². The second-order valence-corrected chi connectivity index (χ2v) is 4.56. The van der Waals surface area contributed by atoms with Gasteiger partial charge in [-0.2, -0.15) is 0 Å². The van der Waals surface area contributed by atoms with Crippen LogP contribution in [0.5, 0.6) is 0 Å². The SMILES string of the molecule is CCCCOCCCNc1cc(C)cc([N+](=O)[O-])c1. The number of non-ortho nitro benzene ring substituents is 1. The van der Waals surface area contributed by atoms with Crippen LogP contribution in [0.2, 0.25) is 0 Å². The first-order valence-electron chi connectivity index (χ1n) is 6.71. The van der Waals surface area contributed by atoms with E-state index in [0.717, 1.165) is 50.3 Å². The van der Waals surface area contributed by atoms with Crippen molar-refractivity contribution in [2.24, 2.45) is 0 Å². The minimum atomic E-state index is -0.369. The maximum atomic E-state index is 10.7. The van der Waals surface area contributed by atoms with E-state index >= 15 is 0 Å². The standard InChI is InChI=1S/C14H22N2O3/c1-3-4-7-19-8-5-6-15-13-9-12(2)10-14(11-13)16(17)18/h9-11,15H,3-8H2,1-2H3. The van der Waals surface area contributed by atoms with Crippen LogP contribution in [0.25, 0.3) is 0 Å². The van der Waals surface area contributed by atoms with Crippen LogP contribution >= 0.6 is 0 Å². The van der Waals surface area contributed by atoms with Crippen LogP contribution in [0.3, 0.4) is 0 Å². The molecule has 0 aliphatic rings. The lowest BCUT2D eigenvalue weighted by Gasteiger charge is -2.08. The molecule has 19 heavy (non-hydrogen) atoms. The van der Waals surface area contributed by atoms with Crippen LogP contribution in [0, 0.1) is 17.0 Å². The summed E-state index contributed by atoms with van der Waals surface area (Å²) in [6, 6.07) is 5.04. The van der Waals surface area contributed by atoms with Crippen molar-refractivity contribution in [3.8, 4) is 0 Å². The number of hydrogen-bond donors (Lipinski definition) is 1. The molecule has 0 aliphatic carbocycles. The third kappa shape index (κ3) is 6.20. The van der Waals surface area contributed by atoms with Crippen molar-refractivity contribution in [2.75, 3.05) is 25.1 Å². The van der Waals surface area contributed by atoms with Crippen LogP contribution in [0.4, 0.5) is 11.4 Å². The van der Waals surface area contributed by atoms with Gasteiger partial charge in [-0.3, -0.25) is 10.1 Å². The lowest BCUT2D eigenvalue weighted by atomic mass is 10.2. The fraction of sp³-hybridized carbons (Fsp3) is 0.571. The second kappa shape index (κ2) is 8.48. The molecule has 0 unspecified atom stereocenters. The molecule has 1 N–H and O–H groups in total. The number of ether oxygens (including phenoxy) is 1. The molecule has 5 nitrogen and oxygen atoms in total. The normalized spacial score (nSPS) is 10.4. The van der Waals surface area contributed by atoms with Gasteiger partial charge in [0.25, 0.3) is 5.69 Å². The molecule has 106 valence electrons. The molecule has 0 heterocycles. The highest BCUT2D eigenvalue weighted by atomic mass is 16.6. The number of nitro benzene ring substituents is 1. The van der Waals surface area contributed by atoms with E-state index in [0.29, 0.717) is 0 Å². The molecule has 0 radical (unpaired) electrons. The number of nitrogens with zero attached hydrogens (tertiary/aromatic N) is 1. The fourth-order valence-corrected chi connectivity index (χ4v) is 1.73. The summed E-state index contributed by atoms with van der Waals surface area (Å²) >= 11 is 0. The highest BCUT2D eigenvalue weighted by Crippen LogP contribution is 2.20. The van der Waals surface area contributed by atoms with Gasteiger partial charge < -0.3 is 10.1 Å². The van der Waals surface area contributed by atoms with Crippen molar-refractivity contribution < 1.29 is 9.66 Å². The van der Waals surface area contributed by atoms with Gasteiger partial charge >= 0.3 is 0 Å². The molecular weight excluding hydrogens is 244 g/mol. The Morgan fingerprint density at radius 3 is 2.68 bits per heavy atom. The van der Waals surface area contributed by atoms with Crippen LogP contribution in [0.15, 0.2) is 18.2 Å². The number of nitrogens with one attached hydrogen (secondary N) is 1. The Kier molecular flexibility index (Phi) is 6.89. The van der Waals surface area contributed by atoms with Gasteiger partial charge in [0.05, 0.1) is 4.92 Å². The Balaban J connectivity index is 2.31. The van der Waals surface area contributed by atoms with Crippen LogP contribution in [0.1, 0.15) is 31.7 Å². The third-order valence-electron chi connectivity index (χ3n) is 2.71. The Bertz CT molecular complexity index is 408. The van der Waals surface area contributed by atoms with E-state index in [-0.39, 0.29) is 10.6 Å². The third-order valence-corrected chi connectivity index (χ3v) is 2.71. The summed E-state index contributed by atoms with van der Waals surface area (Å²) in [4.78, 5) is 10.4. The highest BCUT2D eigenvalue weighted by molar-refractivity contribution is 5.53. The van der Waals surface area contributed by atoms with Crippen molar-refractivity contribution in [3.05, 3.63) is 33.9 Å². The van der Waals surface area contributed by atoms with E-state index in [1.165, 1.54) is 0 Å². The Morgan fingerprint density at radius 1 is 1.26 bits per heavy atom. The van der Waals surface area contributed by atoms with Gasteiger partial charge in [-0.15, -0.1) is 0 Å². The van der Waals surface area contributed by atoms with Crippen molar-refractivity contribution in [2.45, 2.75) is 33.1 Å². The lowest BCUT2D eigenvalue weighted by molar-refractivity contribution is -0.384. The maximum Gasteiger partial charge on any atom is 0.271 e. The molecule has 5 heteroatoms. The summed E-state index contributed by atoms with van der Waals surface area (Å²) in [5.74, 6) is 0. The zero-order chi connectivity index (χ0) is 14.1. The topological polar surface area (TPSA) is 64.4 Å². The van der Waals surface area contributed by atoms with E-state index in [2.05, 4.69) is 12.2 Å². The van der Waals surface area contributed by atoms with Gasteiger partial charge in [0.15, 0.2) is 0 Å².